The molecule has 19 heavy (non-hydrogen) atoms. The largest absolute Gasteiger partial charge is 0.361 e. The molecule has 3 heterocycles. The van der Waals surface area contributed by atoms with Crippen LogP contribution in [0.15, 0.2) is 22.2 Å². The van der Waals surface area contributed by atoms with Crippen molar-refractivity contribution < 1.29 is 4.52 Å². The Labute approximate surface area is 117 Å². The summed E-state index contributed by atoms with van der Waals surface area (Å²) in [7, 11) is 0. The van der Waals surface area contributed by atoms with Gasteiger partial charge in [0.15, 0.2) is 0 Å². The smallest absolute Gasteiger partial charge is 0.139 e. The van der Waals surface area contributed by atoms with Gasteiger partial charge >= 0.3 is 0 Å². The number of nitrogens with zero attached hydrogens (tertiary/aromatic N) is 3. The molecule has 1 aliphatic rings. The van der Waals surface area contributed by atoms with Crippen LogP contribution in [-0.2, 0) is 6.54 Å². The third kappa shape index (κ3) is 2.72. The van der Waals surface area contributed by atoms with E-state index in [1.165, 1.54) is 17.8 Å². The summed E-state index contributed by atoms with van der Waals surface area (Å²) in [5, 5.41) is 7.46. The van der Waals surface area contributed by atoms with Gasteiger partial charge in [-0.2, -0.15) is 0 Å². The lowest BCUT2D eigenvalue weighted by Gasteiger charge is -2.21. The van der Waals surface area contributed by atoms with Crippen molar-refractivity contribution in [2.45, 2.75) is 45.2 Å². The fraction of sp³-hybridized carbons (Fsp3) is 0.571. The molecule has 0 bridgehead atoms. The Morgan fingerprint density at radius 1 is 1.53 bits per heavy atom. The molecule has 4 nitrogen and oxygen atoms in total. The molecule has 5 heteroatoms. The third-order valence-electron chi connectivity index (χ3n) is 3.61. The Hall–Kier alpha value is -1.20. The number of hydrogen-bond donors (Lipinski definition) is 0. The Bertz CT molecular complexity index is 521. The summed E-state index contributed by atoms with van der Waals surface area (Å²) < 4.78 is 5.37. The van der Waals surface area contributed by atoms with Gasteiger partial charge in [-0.1, -0.05) is 19.0 Å². The van der Waals surface area contributed by atoms with E-state index in [9.17, 15) is 0 Å². The van der Waals surface area contributed by atoms with Gasteiger partial charge in [-0.05, 0) is 19.4 Å². The molecular weight excluding hydrogens is 258 g/mol. The first-order valence-corrected chi connectivity index (χ1v) is 7.71. The summed E-state index contributed by atoms with van der Waals surface area (Å²) in [5.74, 6) is 1.37. The van der Waals surface area contributed by atoms with E-state index in [-0.39, 0.29) is 0 Å². The molecule has 0 unspecified atom stereocenters. The van der Waals surface area contributed by atoms with Gasteiger partial charge in [-0.25, -0.2) is 4.98 Å². The second-order valence-corrected chi connectivity index (χ2v) is 6.30. The standard InChI is InChI=1S/C14H19N3OS/c1-10(2)13-8-11(16-18-13)9-17-6-3-4-12(17)14-15-5-7-19-14/h5,7-8,10,12H,3-4,6,9H2,1-2H3/t12-/m0/s1. The Balaban J connectivity index is 1.71. The molecule has 2 aromatic heterocycles. The van der Waals surface area contributed by atoms with Crippen molar-refractivity contribution in [3.05, 3.63) is 34.1 Å². The molecule has 0 spiro atoms. The number of aromatic nitrogens is 2. The Kier molecular flexibility index (Phi) is 3.66. The first kappa shape index (κ1) is 12.8. The normalized spacial score (nSPS) is 20.5. The number of hydrogen-bond acceptors (Lipinski definition) is 5. The fourth-order valence-corrected chi connectivity index (χ4v) is 3.38. The quantitative estimate of drug-likeness (QED) is 0.856. The summed E-state index contributed by atoms with van der Waals surface area (Å²) >= 11 is 1.75. The van der Waals surface area contributed by atoms with Crippen molar-refractivity contribution >= 4 is 11.3 Å². The summed E-state index contributed by atoms with van der Waals surface area (Å²) in [5.41, 5.74) is 1.03. The van der Waals surface area contributed by atoms with Crippen molar-refractivity contribution in [2.24, 2.45) is 0 Å². The van der Waals surface area contributed by atoms with Crippen LogP contribution in [0.2, 0.25) is 0 Å². The lowest BCUT2D eigenvalue weighted by Crippen LogP contribution is -2.22. The zero-order chi connectivity index (χ0) is 13.2. The summed E-state index contributed by atoms with van der Waals surface area (Å²) in [4.78, 5) is 6.92. The Morgan fingerprint density at radius 3 is 3.11 bits per heavy atom. The molecular formula is C14H19N3OS. The van der Waals surface area contributed by atoms with Crippen LogP contribution in [0.1, 0.15) is 55.1 Å². The van der Waals surface area contributed by atoms with E-state index in [4.69, 9.17) is 4.52 Å². The van der Waals surface area contributed by atoms with Crippen molar-refractivity contribution in [1.82, 2.24) is 15.0 Å². The van der Waals surface area contributed by atoms with Crippen LogP contribution >= 0.6 is 11.3 Å². The maximum absolute atomic E-state index is 5.37. The topological polar surface area (TPSA) is 42.2 Å². The van der Waals surface area contributed by atoms with Gasteiger partial charge < -0.3 is 4.52 Å². The van der Waals surface area contributed by atoms with E-state index in [0.717, 1.165) is 24.5 Å². The minimum absolute atomic E-state index is 0.398. The second kappa shape index (κ2) is 5.43. The maximum Gasteiger partial charge on any atom is 0.139 e. The van der Waals surface area contributed by atoms with Crippen LogP contribution in [-0.4, -0.2) is 21.6 Å². The average Bonchev–Trinajstić information content (AvgIpc) is 3.09. The van der Waals surface area contributed by atoms with Crippen LogP contribution in [0, 0.1) is 0 Å². The molecule has 3 rings (SSSR count). The van der Waals surface area contributed by atoms with Gasteiger partial charge in [0.1, 0.15) is 10.8 Å². The summed E-state index contributed by atoms with van der Waals surface area (Å²) in [6.07, 6.45) is 4.32. The average molecular weight is 277 g/mol. The first-order valence-electron chi connectivity index (χ1n) is 6.83. The van der Waals surface area contributed by atoms with Gasteiger partial charge in [0.05, 0.1) is 11.7 Å². The number of rotatable bonds is 4. The van der Waals surface area contributed by atoms with E-state index in [1.807, 2.05) is 6.20 Å². The highest BCUT2D eigenvalue weighted by atomic mass is 32.1. The van der Waals surface area contributed by atoms with E-state index in [1.54, 1.807) is 11.3 Å². The summed E-state index contributed by atoms with van der Waals surface area (Å²) in [6, 6.07) is 2.54. The number of likely N-dealkylation sites (tertiary alicyclic amines) is 1. The summed E-state index contributed by atoms with van der Waals surface area (Å²) in [6.45, 7) is 6.23. The van der Waals surface area contributed by atoms with Crippen LogP contribution in [0.3, 0.4) is 0 Å². The molecule has 0 radical (unpaired) electrons. The van der Waals surface area contributed by atoms with Crippen molar-refractivity contribution in [3.8, 4) is 0 Å². The van der Waals surface area contributed by atoms with Gasteiger partial charge in [0.25, 0.3) is 0 Å². The molecule has 2 aromatic rings. The maximum atomic E-state index is 5.37. The molecule has 0 N–H and O–H groups in total. The second-order valence-electron chi connectivity index (χ2n) is 5.37. The fourth-order valence-electron chi connectivity index (χ4n) is 2.58. The van der Waals surface area contributed by atoms with Crippen LogP contribution in [0.5, 0.6) is 0 Å². The Morgan fingerprint density at radius 2 is 2.42 bits per heavy atom. The zero-order valence-corrected chi connectivity index (χ0v) is 12.2. The molecule has 102 valence electrons. The monoisotopic (exact) mass is 277 g/mol. The number of thiazole rings is 1. The zero-order valence-electron chi connectivity index (χ0n) is 11.4. The predicted molar refractivity (Wildman–Crippen MR) is 75.1 cm³/mol. The van der Waals surface area contributed by atoms with Gasteiger partial charge in [0, 0.05) is 30.1 Å². The highest BCUT2D eigenvalue weighted by molar-refractivity contribution is 7.09. The minimum atomic E-state index is 0.398. The molecule has 1 saturated heterocycles. The predicted octanol–water partition coefficient (Wildman–Crippen LogP) is 3.59. The highest BCUT2D eigenvalue weighted by Gasteiger charge is 2.28. The molecule has 0 aliphatic carbocycles. The highest BCUT2D eigenvalue weighted by Crippen LogP contribution is 2.34. The van der Waals surface area contributed by atoms with Gasteiger partial charge in [-0.15, -0.1) is 11.3 Å². The molecule has 1 aliphatic heterocycles. The lowest BCUT2D eigenvalue weighted by atomic mass is 10.1. The first-order chi connectivity index (χ1) is 9.24. The lowest BCUT2D eigenvalue weighted by molar-refractivity contribution is 0.239. The van der Waals surface area contributed by atoms with Gasteiger partial charge in [-0.3, -0.25) is 4.90 Å². The molecule has 1 fully saturated rings. The van der Waals surface area contributed by atoms with E-state index in [0.29, 0.717) is 12.0 Å². The van der Waals surface area contributed by atoms with Crippen LogP contribution < -0.4 is 0 Å². The molecule has 1 atom stereocenters. The molecule has 0 amide bonds. The van der Waals surface area contributed by atoms with Crippen LogP contribution in [0.25, 0.3) is 0 Å². The minimum Gasteiger partial charge on any atom is -0.361 e. The third-order valence-corrected chi connectivity index (χ3v) is 4.49. The van der Waals surface area contributed by atoms with Crippen molar-refractivity contribution in [1.29, 1.82) is 0 Å². The van der Waals surface area contributed by atoms with Gasteiger partial charge in [0.2, 0.25) is 0 Å². The molecule has 0 aromatic carbocycles. The van der Waals surface area contributed by atoms with E-state index in [2.05, 4.69) is 40.3 Å². The SMILES string of the molecule is CC(C)c1cc(CN2CCC[C@H]2c2nccs2)no1. The van der Waals surface area contributed by atoms with Crippen molar-refractivity contribution in [2.75, 3.05) is 6.54 Å². The van der Waals surface area contributed by atoms with Crippen LogP contribution in [0.4, 0.5) is 0 Å². The van der Waals surface area contributed by atoms with Crippen molar-refractivity contribution in [3.63, 3.8) is 0 Å². The van der Waals surface area contributed by atoms with E-state index >= 15 is 0 Å². The van der Waals surface area contributed by atoms with E-state index < -0.39 is 0 Å². The molecule has 0 saturated carbocycles.